The highest BCUT2D eigenvalue weighted by Crippen LogP contribution is 2.30. The first-order chi connectivity index (χ1) is 10.5. The van der Waals surface area contributed by atoms with Gasteiger partial charge in [-0.05, 0) is 37.1 Å². The third-order valence-electron chi connectivity index (χ3n) is 3.65. The summed E-state index contributed by atoms with van der Waals surface area (Å²) >= 11 is 0. The van der Waals surface area contributed by atoms with Gasteiger partial charge in [0.05, 0.1) is 18.5 Å². The van der Waals surface area contributed by atoms with E-state index in [1.54, 1.807) is 12.1 Å². The molecule has 0 fully saturated rings. The third-order valence-corrected chi connectivity index (χ3v) is 4.83. The van der Waals surface area contributed by atoms with Crippen LogP contribution in [0.1, 0.15) is 22.8 Å². The van der Waals surface area contributed by atoms with Gasteiger partial charge in [0.1, 0.15) is 0 Å². The van der Waals surface area contributed by atoms with E-state index in [0.717, 1.165) is 18.7 Å². The Labute approximate surface area is 133 Å². The monoisotopic (exact) mass is 342 g/mol. The molecule has 0 bridgehead atoms. The highest BCUT2D eigenvalue weighted by molar-refractivity contribution is 7.92. The van der Waals surface area contributed by atoms with Gasteiger partial charge in [0.2, 0.25) is 10.0 Å². The Kier molecular flexibility index (Phi) is 4.36. The molecule has 1 aliphatic heterocycles. The van der Waals surface area contributed by atoms with Crippen LogP contribution in [0.2, 0.25) is 0 Å². The van der Waals surface area contributed by atoms with Gasteiger partial charge < -0.3 is 15.5 Å². The SMILES string of the molecule is CC(O)(CNC(=O)c1ccc2c(c1)CCN2S(C)(=O)=O)C(=O)O. The molecule has 0 aromatic heterocycles. The van der Waals surface area contributed by atoms with Crippen molar-refractivity contribution in [3.8, 4) is 0 Å². The van der Waals surface area contributed by atoms with E-state index < -0.39 is 34.0 Å². The molecule has 1 aromatic carbocycles. The second kappa shape index (κ2) is 5.82. The van der Waals surface area contributed by atoms with Gasteiger partial charge in [-0.3, -0.25) is 9.10 Å². The Balaban J connectivity index is 2.15. The summed E-state index contributed by atoms with van der Waals surface area (Å²) in [4.78, 5) is 22.8. The molecule has 8 nitrogen and oxygen atoms in total. The van der Waals surface area contributed by atoms with Crippen LogP contribution in [0.25, 0.3) is 0 Å². The molecule has 9 heteroatoms. The average Bonchev–Trinajstić information content (AvgIpc) is 2.87. The highest BCUT2D eigenvalue weighted by atomic mass is 32.2. The molecular weight excluding hydrogens is 324 g/mol. The van der Waals surface area contributed by atoms with E-state index in [-0.39, 0.29) is 5.56 Å². The summed E-state index contributed by atoms with van der Waals surface area (Å²) in [7, 11) is -3.35. The number of carboxylic acids is 1. The summed E-state index contributed by atoms with van der Waals surface area (Å²) < 4.78 is 24.6. The van der Waals surface area contributed by atoms with Crippen LogP contribution in [0.4, 0.5) is 5.69 Å². The molecule has 0 saturated heterocycles. The smallest absolute Gasteiger partial charge is 0.337 e. The summed E-state index contributed by atoms with van der Waals surface area (Å²) in [6.45, 7) is 0.975. The van der Waals surface area contributed by atoms with Crippen molar-refractivity contribution in [2.45, 2.75) is 18.9 Å². The Morgan fingerprint density at radius 1 is 1.39 bits per heavy atom. The fourth-order valence-electron chi connectivity index (χ4n) is 2.29. The van der Waals surface area contributed by atoms with E-state index >= 15 is 0 Å². The van der Waals surface area contributed by atoms with Gasteiger partial charge in [-0.2, -0.15) is 0 Å². The summed E-state index contributed by atoms with van der Waals surface area (Å²) in [5, 5.41) is 20.7. The number of nitrogens with zero attached hydrogens (tertiary/aromatic N) is 1. The number of hydrogen-bond acceptors (Lipinski definition) is 5. The van der Waals surface area contributed by atoms with Crippen molar-refractivity contribution in [2.75, 3.05) is 23.7 Å². The molecule has 0 aliphatic carbocycles. The first-order valence-corrected chi connectivity index (χ1v) is 8.72. The molecule has 1 amide bonds. The van der Waals surface area contributed by atoms with E-state index in [1.165, 1.54) is 10.4 Å². The summed E-state index contributed by atoms with van der Waals surface area (Å²) in [6, 6.07) is 4.59. The summed E-state index contributed by atoms with van der Waals surface area (Å²) in [5.74, 6) is -1.97. The van der Waals surface area contributed by atoms with Crippen LogP contribution in [-0.2, 0) is 21.2 Å². The molecular formula is C14H18N2O6S. The quantitative estimate of drug-likeness (QED) is 0.667. The lowest BCUT2D eigenvalue weighted by atomic mass is 10.1. The molecule has 3 N–H and O–H groups in total. The zero-order chi connectivity index (χ0) is 17.4. The summed E-state index contributed by atoms with van der Waals surface area (Å²) in [5.41, 5.74) is -0.505. The van der Waals surface area contributed by atoms with Crippen LogP contribution in [0.3, 0.4) is 0 Å². The Morgan fingerprint density at radius 2 is 2.04 bits per heavy atom. The lowest BCUT2D eigenvalue weighted by Crippen LogP contribution is -2.46. The zero-order valence-electron chi connectivity index (χ0n) is 12.7. The lowest BCUT2D eigenvalue weighted by molar-refractivity contribution is -0.155. The number of carboxylic acid groups (broad SMARTS) is 1. The van der Waals surface area contributed by atoms with Crippen molar-refractivity contribution in [1.82, 2.24) is 5.32 Å². The summed E-state index contributed by atoms with van der Waals surface area (Å²) in [6.07, 6.45) is 1.62. The van der Waals surface area contributed by atoms with E-state index in [4.69, 9.17) is 5.11 Å². The molecule has 0 radical (unpaired) electrons. The fourth-order valence-corrected chi connectivity index (χ4v) is 3.25. The van der Waals surface area contributed by atoms with Gasteiger partial charge in [-0.15, -0.1) is 0 Å². The van der Waals surface area contributed by atoms with Crippen LogP contribution in [-0.4, -0.2) is 55.5 Å². The van der Waals surface area contributed by atoms with Crippen LogP contribution < -0.4 is 9.62 Å². The molecule has 126 valence electrons. The maximum absolute atomic E-state index is 12.0. The van der Waals surface area contributed by atoms with Crippen molar-refractivity contribution in [1.29, 1.82) is 0 Å². The van der Waals surface area contributed by atoms with Gasteiger partial charge in [0.25, 0.3) is 5.91 Å². The number of aliphatic carboxylic acids is 1. The topological polar surface area (TPSA) is 124 Å². The lowest BCUT2D eigenvalue weighted by Gasteiger charge is -2.19. The zero-order valence-corrected chi connectivity index (χ0v) is 13.6. The van der Waals surface area contributed by atoms with E-state index in [1.807, 2.05) is 0 Å². The number of fused-ring (bicyclic) bond motifs is 1. The number of anilines is 1. The van der Waals surface area contributed by atoms with Crippen molar-refractivity contribution >= 4 is 27.6 Å². The van der Waals surface area contributed by atoms with E-state index in [2.05, 4.69) is 5.32 Å². The number of carbonyl (C=O) groups excluding carboxylic acids is 1. The molecule has 1 heterocycles. The number of amides is 1. The minimum atomic E-state index is -3.35. The largest absolute Gasteiger partial charge is 0.479 e. The highest BCUT2D eigenvalue weighted by Gasteiger charge is 2.31. The fraction of sp³-hybridized carbons (Fsp3) is 0.429. The molecule has 0 spiro atoms. The minimum Gasteiger partial charge on any atom is -0.479 e. The Morgan fingerprint density at radius 3 is 2.61 bits per heavy atom. The normalized spacial score (nSPS) is 16.6. The maximum atomic E-state index is 12.0. The average molecular weight is 342 g/mol. The van der Waals surface area contributed by atoms with Crippen molar-refractivity contribution < 1.29 is 28.2 Å². The third kappa shape index (κ3) is 3.62. The molecule has 0 saturated carbocycles. The predicted molar refractivity (Wildman–Crippen MR) is 82.9 cm³/mol. The number of hydrogen-bond donors (Lipinski definition) is 3. The van der Waals surface area contributed by atoms with Crippen LogP contribution >= 0.6 is 0 Å². The molecule has 2 rings (SSSR count). The van der Waals surface area contributed by atoms with E-state index in [9.17, 15) is 23.1 Å². The molecule has 23 heavy (non-hydrogen) atoms. The number of sulfonamides is 1. The van der Waals surface area contributed by atoms with Crippen molar-refractivity contribution in [3.05, 3.63) is 29.3 Å². The Hall–Kier alpha value is -2.13. The molecule has 1 aliphatic rings. The van der Waals surface area contributed by atoms with Gasteiger partial charge in [0.15, 0.2) is 5.60 Å². The Bertz CT molecular complexity index is 757. The van der Waals surface area contributed by atoms with Gasteiger partial charge in [-0.1, -0.05) is 0 Å². The van der Waals surface area contributed by atoms with Crippen molar-refractivity contribution in [2.24, 2.45) is 0 Å². The molecule has 1 aromatic rings. The van der Waals surface area contributed by atoms with Gasteiger partial charge in [0, 0.05) is 12.1 Å². The van der Waals surface area contributed by atoms with E-state index in [0.29, 0.717) is 18.7 Å². The number of rotatable bonds is 5. The second-order valence-corrected chi connectivity index (χ2v) is 7.60. The predicted octanol–water partition coefficient (Wildman–Crippen LogP) is -0.426. The van der Waals surface area contributed by atoms with Crippen LogP contribution in [0, 0.1) is 0 Å². The van der Waals surface area contributed by atoms with Gasteiger partial charge >= 0.3 is 5.97 Å². The second-order valence-electron chi connectivity index (χ2n) is 5.69. The number of aliphatic hydroxyl groups is 1. The van der Waals surface area contributed by atoms with Crippen LogP contribution in [0.15, 0.2) is 18.2 Å². The number of carbonyl (C=O) groups is 2. The number of nitrogens with one attached hydrogen (secondary N) is 1. The van der Waals surface area contributed by atoms with Crippen LogP contribution in [0.5, 0.6) is 0 Å². The minimum absolute atomic E-state index is 0.278. The molecule has 1 atom stereocenters. The standard InChI is InChI=1S/C14H18N2O6S/c1-14(20,13(18)19)8-15-12(17)10-3-4-11-9(7-10)5-6-16(11)23(2,21)22/h3-4,7,20H,5-6,8H2,1-2H3,(H,15,17)(H,18,19). The first kappa shape index (κ1) is 17.2. The number of benzene rings is 1. The first-order valence-electron chi connectivity index (χ1n) is 6.87. The molecule has 1 unspecified atom stereocenters. The maximum Gasteiger partial charge on any atom is 0.337 e. The van der Waals surface area contributed by atoms with Crippen molar-refractivity contribution in [3.63, 3.8) is 0 Å². The van der Waals surface area contributed by atoms with Gasteiger partial charge in [-0.25, -0.2) is 13.2 Å².